The number of piperazine rings is 1. The molecular formula is C13H18ClN3O. The number of carbonyl (C=O) groups is 1. The van der Waals surface area contributed by atoms with Crippen molar-refractivity contribution in [1.82, 2.24) is 10.2 Å². The molecule has 1 saturated heterocycles. The number of benzene rings is 1. The van der Waals surface area contributed by atoms with E-state index in [1.807, 2.05) is 25.1 Å². The zero-order valence-electron chi connectivity index (χ0n) is 10.4. The Labute approximate surface area is 112 Å². The van der Waals surface area contributed by atoms with Crippen molar-refractivity contribution >= 4 is 17.5 Å². The highest BCUT2D eigenvalue weighted by Crippen LogP contribution is 2.30. The highest BCUT2D eigenvalue weighted by atomic mass is 35.5. The number of hydrogen-bond acceptors (Lipinski definition) is 3. The van der Waals surface area contributed by atoms with Crippen LogP contribution in [0.1, 0.15) is 12.5 Å². The van der Waals surface area contributed by atoms with Crippen LogP contribution in [0.2, 0.25) is 5.02 Å². The summed E-state index contributed by atoms with van der Waals surface area (Å²) in [6.07, 6.45) is 0. The summed E-state index contributed by atoms with van der Waals surface area (Å²) in [5, 5.41) is 3.89. The predicted molar refractivity (Wildman–Crippen MR) is 72.4 cm³/mol. The van der Waals surface area contributed by atoms with Crippen LogP contribution in [0.25, 0.3) is 0 Å². The number of nitrogens with two attached hydrogens (primary N) is 1. The maximum Gasteiger partial charge on any atom is 0.242 e. The van der Waals surface area contributed by atoms with Crippen LogP contribution in [0, 0.1) is 0 Å². The fourth-order valence-electron chi connectivity index (χ4n) is 2.38. The lowest BCUT2D eigenvalue weighted by atomic mass is 9.88. The monoisotopic (exact) mass is 267 g/mol. The highest BCUT2D eigenvalue weighted by Gasteiger charge is 2.40. The van der Waals surface area contributed by atoms with E-state index in [-0.39, 0.29) is 5.91 Å². The van der Waals surface area contributed by atoms with Crippen molar-refractivity contribution < 1.29 is 4.79 Å². The normalized spacial score (nSPS) is 20.3. The third-order valence-electron chi connectivity index (χ3n) is 3.62. The summed E-state index contributed by atoms with van der Waals surface area (Å²) in [5.41, 5.74) is 5.69. The van der Waals surface area contributed by atoms with Crippen molar-refractivity contribution in [3.8, 4) is 0 Å². The maximum atomic E-state index is 11.9. The van der Waals surface area contributed by atoms with Gasteiger partial charge in [0.1, 0.15) is 5.54 Å². The largest absolute Gasteiger partial charge is 0.368 e. The van der Waals surface area contributed by atoms with Crippen molar-refractivity contribution in [3.05, 3.63) is 34.9 Å². The van der Waals surface area contributed by atoms with Crippen molar-refractivity contribution in [1.29, 1.82) is 0 Å². The maximum absolute atomic E-state index is 11.9. The van der Waals surface area contributed by atoms with Crippen molar-refractivity contribution in [2.75, 3.05) is 26.2 Å². The van der Waals surface area contributed by atoms with Gasteiger partial charge in [-0.25, -0.2) is 0 Å². The van der Waals surface area contributed by atoms with Gasteiger partial charge in [-0.15, -0.1) is 0 Å². The molecule has 0 saturated carbocycles. The molecule has 18 heavy (non-hydrogen) atoms. The summed E-state index contributed by atoms with van der Waals surface area (Å²) in [5.74, 6) is -0.341. The fraction of sp³-hybridized carbons (Fsp3) is 0.462. The number of primary amides is 1. The fourth-order valence-corrected chi connectivity index (χ4v) is 2.57. The van der Waals surface area contributed by atoms with Crippen LogP contribution < -0.4 is 11.1 Å². The molecule has 1 aliphatic heterocycles. The number of hydrogen-bond donors (Lipinski definition) is 2. The van der Waals surface area contributed by atoms with Crippen molar-refractivity contribution in [2.24, 2.45) is 5.73 Å². The molecule has 98 valence electrons. The predicted octanol–water partition coefficient (Wildman–Crippen LogP) is 0.946. The van der Waals surface area contributed by atoms with Crippen LogP contribution in [-0.4, -0.2) is 37.0 Å². The molecule has 1 aliphatic rings. The molecule has 5 heteroatoms. The second-order valence-corrected chi connectivity index (χ2v) is 5.12. The van der Waals surface area contributed by atoms with Gasteiger partial charge in [-0.2, -0.15) is 0 Å². The second kappa shape index (κ2) is 5.26. The minimum Gasteiger partial charge on any atom is -0.368 e. The van der Waals surface area contributed by atoms with E-state index in [2.05, 4.69) is 10.2 Å². The van der Waals surface area contributed by atoms with E-state index in [4.69, 9.17) is 17.3 Å². The Morgan fingerprint density at radius 1 is 1.44 bits per heavy atom. The lowest BCUT2D eigenvalue weighted by molar-refractivity contribution is -0.130. The lowest BCUT2D eigenvalue weighted by Crippen LogP contribution is -2.58. The average Bonchev–Trinajstić information content (AvgIpc) is 2.38. The zero-order chi connectivity index (χ0) is 13.2. The lowest BCUT2D eigenvalue weighted by Gasteiger charge is -2.41. The van der Waals surface area contributed by atoms with E-state index >= 15 is 0 Å². The van der Waals surface area contributed by atoms with Crippen LogP contribution in [0.3, 0.4) is 0 Å². The van der Waals surface area contributed by atoms with Gasteiger partial charge < -0.3 is 11.1 Å². The van der Waals surface area contributed by atoms with E-state index in [0.717, 1.165) is 31.7 Å². The second-order valence-electron chi connectivity index (χ2n) is 4.68. The Morgan fingerprint density at radius 3 is 2.67 bits per heavy atom. The SMILES string of the molecule is CC(C(N)=O)(c1cccc(Cl)c1)N1CCNCC1. The van der Waals surface area contributed by atoms with Crippen LogP contribution in [-0.2, 0) is 10.3 Å². The third-order valence-corrected chi connectivity index (χ3v) is 3.85. The van der Waals surface area contributed by atoms with Gasteiger partial charge in [-0.1, -0.05) is 23.7 Å². The van der Waals surface area contributed by atoms with E-state index in [9.17, 15) is 4.79 Å². The van der Waals surface area contributed by atoms with Crippen molar-refractivity contribution in [2.45, 2.75) is 12.5 Å². The van der Waals surface area contributed by atoms with Crippen LogP contribution in [0.5, 0.6) is 0 Å². The summed E-state index contributed by atoms with van der Waals surface area (Å²) >= 11 is 6.01. The number of halogens is 1. The van der Waals surface area contributed by atoms with E-state index in [1.165, 1.54) is 0 Å². The summed E-state index contributed by atoms with van der Waals surface area (Å²) < 4.78 is 0. The first-order valence-corrected chi connectivity index (χ1v) is 6.44. The third kappa shape index (κ3) is 2.36. The Bertz CT molecular complexity index is 446. The Kier molecular flexibility index (Phi) is 3.90. The summed E-state index contributed by atoms with van der Waals surface area (Å²) in [6, 6.07) is 7.36. The summed E-state index contributed by atoms with van der Waals surface area (Å²) in [4.78, 5) is 14.1. The first-order valence-electron chi connectivity index (χ1n) is 6.07. The molecule has 2 rings (SSSR count). The van der Waals surface area contributed by atoms with Gasteiger partial charge in [-0.3, -0.25) is 9.69 Å². The molecule has 1 heterocycles. The van der Waals surface area contributed by atoms with Gasteiger partial charge in [0.05, 0.1) is 0 Å². The van der Waals surface area contributed by atoms with Gasteiger partial charge in [0.2, 0.25) is 5.91 Å². The molecule has 0 radical (unpaired) electrons. The van der Waals surface area contributed by atoms with Gasteiger partial charge in [0.15, 0.2) is 0 Å². The van der Waals surface area contributed by atoms with Crippen molar-refractivity contribution in [3.63, 3.8) is 0 Å². The van der Waals surface area contributed by atoms with E-state index in [0.29, 0.717) is 5.02 Å². The van der Waals surface area contributed by atoms with E-state index < -0.39 is 5.54 Å². The minimum absolute atomic E-state index is 0.341. The molecule has 0 spiro atoms. The van der Waals surface area contributed by atoms with Crippen LogP contribution >= 0.6 is 11.6 Å². The molecule has 1 fully saturated rings. The van der Waals surface area contributed by atoms with Crippen LogP contribution in [0.15, 0.2) is 24.3 Å². The number of nitrogens with zero attached hydrogens (tertiary/aromatic N) is 1. The first-order chi connectivity index (χ1) is 8.55. The van der Waals surface area contributed by atoms with Crippen LogP contribution in [0.4, 0.5) is 0 Å². The Hall–Kier alpha value is -1.10. The van der Waals surface area contributed by atoms with Gasteiger partial charge in [0.25, 0.3) is 0 Å². The Morgan fingerprint density at radius 2 is 2.11 bits per heavy atom. The highest BCUT2D eigenvalue weighted by molar-refractivity contribution is 6.30. The summed E-state index contributed by atoms with van der Waals surface area (Å²) in [7, 11) is 0. The molecule has 1 atom stereocenters. The number of amides is 1. The molecule has 1 amide bonds. The topological polar surface area (TPSA) is 58.4 Å². The summed E-state index contributed by atoms with van der Waals surface area (Å²) in [6.45, 7) is 5.19. The van der Waals surface area contributed by atoms with E-state index in [1.54, 1.807) is 6.07 Å². The van der Waals surface area contributed by atoms with Gasteiger partial charge in [0, 0.05) is 31.2 Å². The molecule has 1 aromatic carbocycles. The molecule has 3 N–H and O–H groups in total. The molecule has 0 bridgehead atoms. The number of rotatable bonds is 3. The molecule has 1 aromatic rings. The van der Waals surface area contributed by atoms with Gasteiger partial charge >= 0.3 is 0 Å². The molecule has 4 nitrogen and oxygen atoms in total. The quantitative estimate of drug-likeness (QED) is 0.857. The molecular weight excluding hydrogens is 250 g/mol. The minimum atomic E-state index is -0.799. The standard InChI is InChI=1S/C13H18ClN3O/c1-13(12(15)18,17-7-5-16-6-8-17)10-3-2-4-11(14)9-10/h2-4,9,16H,5-8H2,1H3,(H2,15,18). The first kappa shape index (κ1) is 13.3. The number of carbonyl (C=O) groups excluding carboxylic acids is 1. The molecule has 1 unspecified atom stereocenters. The van der Waals surface area contributed by atoms with Gasteiger partial charge in [-0.05, 0) is 24.6 Å². The number of nitrogens with one attached hydrogen (secondary N) is 1. The smallest absolute Gasteiger partial charge is 0.242 e. The zero-order valence-corrected chi connectivity index (χ0v) is 11.2. The average molecular weight is 268 g/mol. The molecule has 0 aliphatic carbocycles. The Balaban J connectivity index is 2.39. The molecule has 0 aromatic heterocycles.